The van der Waals surface area contributed by atoms with Crippen molar-refractivity contribution in [1.82, 2.24) is 15.5 Å². The Kier molecular flexibility index (Phi) is 7.20. The van der Waals surface area contributed by atoms with Crippen molar-refractivity contribution in [2.75, 3.05) is 27.7 Å². The Morgan fingerprint density at radius 1 is 1.22 bits per heavy atom. The van der Waals surface area contributed by atoms with Gasteiger partial charge >= 0.3 is 6.18 Å². The molecule has 148 valence electrons. The molecule has 0 bridgehead atoms. The highest BCUT2D eigenvalue weighted by Gasteiger charge is 2.33. The van der Waals surface area contributed by atoms with Crippen LogP contribution in [0.3, 0.4) is 0 Å². The lowest BCUT2D eigenvalue weighted by atomic mass is 10.1. The molecule has 1 aromatic carbocycles. The Morgan fingerprint density at radius 2 is 1.96 bits per heavy atom. The van der Waals surface area contributed by atoms with Crippen LogP contribution in [0, 0.1) is 5.82 Å². The number of nitrogens with zero attached hydrogens (tertiary/aromatic N) is 2. The summed E-state index contributed by atoms with van der Waals surface area (Å²) in [6.07, 6.45) is -4.62. The molecule has 2 rings (SSSR count). The van der Waals surface area contributed by atoms with E-state index < -0.39 is 17.6 Å². The Hall–Kier alpha value is -2.13. The van der Waals surface area contributed by atoms with Gasteiger partial charge in [0.2, 0.25) is 0 Å². The maximum Gasteiger partial charge on any atom is 0.416 e. The van der Waals surface area contributed by atoms with E-state index in [2.05, 4.69) is 15.6 Å². The van der Waals surface area contributed by atoms with Gasteiger partial charge in [-0.1, -0.05) is 12.1 Å². The molecule has 9 heteroatoms. The van der Waals surface area contributed by atoms with Crippen LogP contribution in [0.5, 0.6) is 0 Å². The molecule has 4 nitrogen and oxygen atoms in total. The zero-order valence-electron chi connectivity index (χ0n) is 15.3. The largest absolute Gasteiger partial charge is 0.416 e. The molecular weight excluding hydrogens is 380 g/mol. The van der Waals surface area contributed by atoms with Gasteiger partial charge in [0.1, 0.15) is 5.82 Å². The Bertz CT molecular complexity index is 757. The number of halogens is 4. The molecule has 0 saturated carbocycles. The van der Waals surface area contributed by atoms with Crippen LogP contribution in [0.2, 0.25) is 0 Å². The number of nitrogens with one attached hydrogen (secondary N) is 2. The van der Waals surface area contributed by atoms with E-state index in [1.807, 2.05) is 36.5 Å². The minimum atomic E-state index is -4.62. The van der Waals surface area contributed by atoms with Crippen molar-refractivity contribution in [3.63, 3.8) is 0 Å². The summed E-state index contributed by atoms with van der Waals surface area (Å²) in [6.45, 7) is 0.406. The van der Waals surface area contributed by atoms with E-state index in [1.165, 1.54) is 4.88 Å². The van der Waals surface area contributed by atoms with E-state index in [0.717, 1.165) is 12.1 Å². The van der Waals surface area contributed by atoms with E-state index in [4.69, 9.17) is 0 Å². The third kappa shape index (κ3) is 5.93. The molecular formula is C18H22F4N4S. The summed E-state index contributed by atoms with van der Waals surface area (Å²) >= 11 is 1.63. The van der Waals surface area contributed by atoms with Crippen molar-refractivity contribution in [3.8, 4) is 0 Å². The first-order valence-electron chi connectivity index (χ1n) is 8.22. The van der Waals surface area contributed by atoms with Gasteiger partial charge in [-0.15, -0.1) is 11.3 Å². The van der Waals surface area contributed by atoms with Crippen molar-refractivity contribution in [2.24, 2.45) is 4.99 Å². The fraction of sp³-hybridized carbons (Fsp3) is 0.389. The first-order valence-corrected chi connectivity index (χ1v) is 9.10. The molecule has 0 spiro atoms. The highest BCUT2D eigenvalue weighted by atomic mass is 32.1. The van der Waals surface area contributed by atoms with Crippen molar-refractivity contribution in [1.29, 1.82) is 0 Å². The number of rotatable bonds is 6. The highest BCUT2D eigenvalue weighted by Crippen LogP contribution is 2.32. The van der Waals surface area contributed by atoms with E-state index in [9.17, 15) is 17.6 Å². The number of alkyl halides is 3. The zero-order chi connectivity index (χ0) is 20.0. The normalized spacial score (nSPS) is 13.7. The number of likely N-dealkylation sites (N-methyl/N-ethyl adjacent to an activating group) is 1. The summed E-state index contributed by atoms with van der Waals surface area (Å²) in [4.78, 5) is 7.27. The Balaban J connectivity index is 2.02. The topological polar surface area (TPSA) is 39.7 Å². The molecule has 27 heavy (non-hydrogen) atoms. The second-order valence-corrected chi connectivity index (χ2v) is 7.08. The van der Waals surface area contributed by atoms with Crippen LogP contribution in [-0.2, 0) is 12.7 Å². The van der Waals surface area contributed by atoms with Gasteiger partial charge in [0.05, 0.1) is 11.6 Å². The number of aliphatic imine (C=N–C) groups is 1. The number of thiophene rings is 1. The summed E-state index contributed by atoms with van der Waals surface area (Å²) in [5.74, 6) is -0.547. The van der Waals surface area contributed by atoms with E-state index >= 15 is 0 Å². The van der Waals surface area contributed by atoms with Gasteiger partial charge in [-0.05, 0) is 43.2 Å². The van der Waals surface area contributed by atoms with Gasteiger partial charge in [-0.2, -0.15) is 13.2 Å². The average molecular weight is 402 g/mol. The van der Waals surface area contributed by atoms with Crippen LogP contribution in [-0.4, -0.2) is 38.5 Å². The quantitative estimate of drug-likeness (QED) is 0.438. The van der Waals surface area contributed by atoms with E-state index in [1.54, 1.807) is 18.4 Å². The molecule has 0 aliphatic heterocycles. The lowest BCUT2D eigenvalue weighted by Crippen LogP contribution is -2.41. The SMILES string of the molecule is CN=C(NCc1ccc(F)cc1C(F)(F)F)NCC(c1cccs1)N(C)C. The van der Waals surface area contributed by atoms with Crippen LogP contribution in [0.15, 0.2) is 40.7 Å². The summed E-state index contributed by atoms with van der Waals surface area (Å²) in [5.41, 5.74) is -1.04. The lowest BCUT2D eigenvalue weighted by molar-refractivity contribution is -0.138. The molecule has 1 unspecified atom stereocenters. The smallest absolute Gasteiger partial charge is 0.354 e. The number of hydrogen-bond donors (Lipinski definition) is 2. The van der Waals surface area contributed by atoms with Crippen molar-refractivity contribution >= 4 is 17.3 Å². The van der Waals surface area contributed by atoms with Crippen LogP contribution in [0.25, 0.3) is 0 Å². The molecule has 2 N–H and O–H groups in total. The fourth-order valence-electron chi connectivity index (χ4n) is 2.58. The summed E-state index contributed by atoms with van der Waals surface area (Å²) < 4.78 is 52.5. The molecule has 0 aliphatic rings. The second-order valence-electron chi connectivity index (χ2n) is 6.10. The van der Waals surface area contributed by atoms with Crippen molar-refractivity contribution in [3.05, 3.63) is 57.5 Å². The summed E-state index contributed by atoms with van der Waals surface area (Å²) in [6, 6.07) is 6.75. The van der Waals surface area contributed by atoms with Crippen LogP contribution >= 0.6 is 11.3 Å². The monoisotopic (exact) mass is 402 g/mol. The molecule has 0 amide bonds. The molecule has 0 fully saturated rings. The van der Waals surface area contributed by atoms with Gasteiger partial charge < -0.3 is 15.5 Å². The highest BCUT2D eigenvalue weighted by molar-refractivity contribution is 7.10. The summed E-state index contributed by atoms with van der Waals surface area (Å²) in [5, 5.41) is 7.98. The zero-order valence-corrected chi connectivity index (χ0v) is 16.1. The van der Waals surface area contributed by atoms with Crippen molar-refractivity contribution < 1.29 is 17.6 Å². The van der Waals surface area contributed by atoms with E-state index in [0.29, 0.717) is 18.6 Å². The minimum absolute atomic E-state index is 0.0470. The first kappa shape index (κ1) is 21.2. The molecule has 1 aromatic heterocycles. The molecule has 1 atom stereocenters. The van der Waals surface area contributed by atoms with Gasteiger partial charge in [-0.3, -0.25) is 4.99 Å². The standard InChI is InChI=1S/C18H22F4N4S/c1-23-17(25-11-15(26(2)3)16-5-4-8-27-16)24-10-12-6-7-13(19)9-14(12)18(20,21)22/h4-9,15H,10-11H2,1-3H3,(H2,23,24,25). The predicted molar refractivity (Wildman–Crippen MR) is 100 cm³/mol. The molecule has 0 saturated heterocycles. The Morgan fingerprint density at radius 3 is 2.52 bits per heavy atom. The van der Waals surface area contributed by atoms with Crippen LogP contribution in [0.1, 0.15) is 22.0 Å². The third-order valence-corrected chi connectivity index (χ3v) is 4.98. The van der Waals surface area contributed by atoms with E-state index in [-0.39, 0.29) is 18.2 Å². The van der Waals surface area contributed by atoms with Crippen molar-refractivity contribution in [2.45, 2.75) is 18.8 Å². The lowest BCUT2D eigenvalue weighted by Gasteiger charge is -2.24. The molecule has 2 aromatic rings. The number of guanidine groups is 1. The second kappa shape index (κ2) is 9.18. The minimum Gasteiger partial charge on any atom is -0.354 e. The third-order valence-electron chi connectivity index (χ3n) is 4.01. The number of hydrogen-bond acceptors (Lipinski definition) is 3. The van der Waals surface area contributed by atoms with Gasteiger partial charge in [0.15, 0.2) is 5.96 Å². The van der Waals surface area contributed by atoms with Gasteiger partial charge in [-0.25, -0.2) is 4.39 Å². The van der Waals surface area contributed by atoms with Gasteiger partial charge in [0.25, 0.3) is 0 Å². The maximum atomic E-state index is 13.2. The average Bonchev–Trinajstić information content (AvgIpc) is 3.11. The Labute approximate surface area is 159 Å². The summed E-state index contributed by atoms with van der Waals surface area (Å²) in [7, 11) is 5.45. The molecule has 0 radical (unpaired) electrons. The first-order chi connectivity index (χ1) is 12.7. The fourth-order valence-corrected chi connectivity index (χ4v) is 3.50. The molecule has 1 heterocycles. The molecule has 0 aliphatic carbocycles. The van der Waals surface area contributed by atoms with Crippen LogP contribution in [0.4, 0.5) is 17.6 Å². The van der Waals surface area contributed by atoms with Crippen LogP contribution < -0.4 is 10.6 Å². The number of benzene rings is 1. The van der Waals surface area contributed by atoms with Gasteiger partial charge in [0, 0.05) is 25.0 Å². The predicted octanol–water partition coefficient (Wildman–Crippen LogP) is 3.87. The maximum absolute atomic E-state index is 13.2.